The van der Waals surface area contributed by atoms with E-state index in [4.69, 9.17) is 14.2 Å². The van der Waals surface area contributed by atoms with E-state index in [0.29, 0.717) is 36.9 Å². The number of ether oxygens (including phenoxy) is 3. The minimum atomic E-state index is 0.535. The number of carbonyl (C=O) groups is 1. The van der Waals surface area contributed by atoms with Crippen LogP contribution in [0.1, 0.15) is 22.3 Å². The molecule has 0 amide bonds. The molecule has 0 saturated heterocycles. The van der Waals surface area contributed by atoms with Gasteiger partial charge >= 0.3 is 0 Å². The zero-order chi connectivity index (χ0) is 11.0. The minimum absolute atomic E-state index is 0.535. The van der Waals surface area contributed by atoms with Crippen molar-refractivity contribution >= 4 is 6.29 Å². The lowest BCUT2D eigenvalue weighted by atomic mass is 10.1. The normalized spacial score (nSPS) is 17.2. The predicted octanol–water partition coefficient (Wildman–Crippen LogP) is 1.60. The molecule has 0 saturated carbocycles. The molecule has 1 aromatic rings. The van der Waals surface area contributed by atoms with E-state index in [-0.39, 0.29) is 0 Å². The van der Waals surface area contributed by atoms with Gasteiger partial charge in [-0.3, -0.25) is 4.79 Å². The van der Waals surface area contributed by atoms with Gasteiger partial charge in [-0.2, -0.15) is 0 Å². The number of rotatable bonds is 1. The van der Waals surface area contributed by atoms with Crippen molar-refractivity contribution in [2.24, 2.45) is 0 Å². The maximum atomic E-state index is 11.0. The van der Waals surface area contributed by atoms with Gasteiger partial charge in [-0.25, -0.2) is 0 Å². The second kappa shape index (κ2) is 3.70. The fourth-order valence-corrected chi connectivity index (χ4v) is 2.08. The second-order valence-corrected chi connectivity index (χ2v) is 3.88. The molecule has 0 spiro atoms. The van der Waals surface area contributed by atoms with Gasteiger partial charge in [0.05, 0.1) is 25.4 Å². The molecule has 4 nitrogen and oxygen atoms in total. The van der Waals surface area contributed by atoms with Crippen molar-refractivity contribution in [3.63, 3.8) is 0 Å². The molecule has 0 bridgehead atoms. The van der Waals surface area contributed by atoms with Crippen LogP contribution in [0.4, 0.5) is 0 Å². The van der Waals surface area contributed by atoms with E-state index >= 15 is 0 Å². The first-order chi connectivity index (χ1) is 7.90. The van der Waals surface area contributed by atoms with Gasteiger partial charge < -0.3 is 14.2 Å². The summed E-state index contributed by atoms with van der Waals surface area (Å²) in [5.41, 5.74) is 1.59. The largest absolute Gasteiger partial charge is 0.489 e. The van der Waals surface area contributed by atoms with Crippen molar-refractivity contribution < 1.29 is 19.0 Å². The van der Waals surface area contributed by atoms with Crippen LogP contribution in [0.25, 0.3) is 0 Å². The van der Waals surface area contributed by atoms with Crippen LogP contribution in [0, 0.1) is 0 Å². The van der Waals surface area contributed by atoms with Crippen molar-refractivity contribution in [2.45, 2.75) is 12.8 Å². The van der Waals surface area contributed by atoms with Crippen LogP contribution >= 0.6 is 0 Å². The summed E-state index contributed by atoms with van der Waals surface area (Å²) < 4.78 is 16.7. The number of fused-ring (bicyclic) bond motifs is 3. The first kappa shape index (κ1) is 9.51. The molecule has 0 radical (unpaired) electrons. The second-order valence-electron chi connectivity index (χ2n) is 3.88. The van der Waals surface area contributed by atoms with Gasteiger partial charge in [-0.1, -0.05) is 0 Å². The monoisotopic (exact) mass is 220 g/mol. The number of benzene rings is 1. The first-order valence-electron chi connectivity index (χ1n) is 5.43. The van der Waals surface area contributed by atoms with E-state index in [2.05, 4.69) is 0 Å². The topological polar surface area (TPSA) is 44.8 Å². The number of hydrogen-bond donors (Lipinski definition) is 0. The molecule has 0 fully saturated rings. The van der Waals surface area contributed by atoms with Crippen molar-refractivity contribution in [2.75, 3.05) is 19.8 Å². The molecular formula is C12H12O4. The Morgan fingerprint density at radius 2 is 1.75 bits per heavy atom. The van der Waals surface area contributed by atoms with Gasteiger partial charge in [-0.15, -0.1) is 0 Å². The molecular weight excluding hydrogens is 208 g/mol. The van der Waals surface area contributed by atoms with E-state index in [9.17, 15) is 4.79 Å². The molecule has 16 heavy (non-hydrogen) atoms. The third-order valence-corrected chi connectivity index (χ3v) is 2.82. The lowest BCUT2D eigenvalue weighted by molar-refractivity contribution is 0.111. The summed E-state index contributed by atoms with van der Waals surface area (Å²) in [5.74, 6) is 1.89. The molecule has 1 aromatic carbocycles. The van der Waals surface area contributed by atoms with Gasteiger partial charge in [0.2, 0.25) is 5.75 Å². The van der Waals surface area contributed by atoms with Crippen molar-refractivity contribution in [3.05, 3.63) is 17.2 Å². The van der Waals surface area contributed by atoms with Crippen LogP contribution in [0.3, 0.4) is 0 Å². The Balaban J connectivity index is 2.20. The summed E-state index contributed by atoms with van der Waals surface area (Å²) in [6.07, 6.45) is 2.46. The smallest absolute Gasteiger partial charge is 0.204 e. The van der Waals surface area contributed by atoms with Crippen molar-refractivity contribution in [3.8, 4) is 17.2 Å². The number of carbonyl (C=O) groups excluding carboxylic acids is 1. The van der Waals surface area contributed by atoms with Crippen LogP contribution in [0.5, 0.6) is 17.2 Å². The van der Waals surface area contributed by atoms with Gasteiger partial charge in [0.25, 0.3) is 0 Å². The summed E-state index contributed by atoms with van der Waals surface area (Å²) in [7, 11) is 0. The van der Waals surface area contributed by atoms with Gasteiger partial charge in [-0.05, 0) is 6.07 Å². The lowest BCUT2D eigenvalue weighted by Gasteiger charge is -2.13. The summed E-state index contributed by atoms with van der Waals surface area (Å²) in [4.78, 5) is 11.0. The average molecular weight is 220 g/mol. The summed E-state index contributed by atoms with van der Waals surface area (Å²) in [6.45, 7) is 1.82. The number of aldehydes is 1. The highest BCUT2D eigenvalue weighted by Crippen LogP contribution is 2.45. The fourth-order valence-electron chi connectivity index (χ4n) is 2.08. The zero-order valence-electron chi connectivity index (χ0n) is 8.82. The predicted molar refractivity (Wildman–Crippen MR) is 56.6 cm³/mol. The van der Waals surface area contributed by atoms with Crippen LogP contribution in [0.2, 0.25) is 0 Å². The highest BCUT2D eigenvalue weighted by Gasteiger charge is 2.26. The minimum Gasteiger partial charge on any atom is -0.489 e. The lowest BCUT2D eigenvalue weighted by Crippen LogP contribution is -1.98. The number of hydrogen-bond acceptors (Lipinski definition) is 4. The quantitative estimate of drug-likeness (QED) is 0.674. The molecule has 2 aliphatic rings. The Morgan fingerprint density at radius 1 is 1.00 bits per heavy atom. The molecule has 0 atom stereocenters. The first-order valence-corrected chi connectivity index (χ1v) is 5.43. The average Bonchev–Trinajstić information content (AvgIpc) is 2.64. The van der Waals surface area contributed by atoms with Gasteiger partial charge in [0.15, 0.2) is 17.8 Å². The van der Waals surface area contributed by atoms with Crippen molar-refractivity contribution in [1.29, 1.82) is 0 Å². The van der Waals surface area contributed by atoms with E-state index in [0.717, 1.165) is 30.4 Å². The molecule has 0 aromatic heterocycles. The van der Waals surface area contributed by atoms with E-state index in [1.165, 1.54) is 0 Å². The van der Waals surface area contributed by atoms with Gasteiger partial charge in [0, 0.05) is 18.4 Å². The van der Waals surface area contributed by atoms with Gasteiger partial charge in [0.1, 0.15) is 0 Å². The third kappa shape index (κ3) is 1.33. The molecule has 0 aliphatic carbocycles. The molecule has 2 aliphatic heterocycles. The molecule has 2 heterocycles. The van der Waals surface area contributed by atoms with Crippen LogP contribution < -0.4 is 14.2 Å². The highest BCUT2D eigenvalue weighted by atomic mass is 16.6. The van der Waals surface area contributed by atoms with Crippen LogP contribution in [-0.2, 0) is 6.42 Å². The molecule has 3 rings (SSSR count). The molecule has 84 valence electrons. The Hall–Kier alpha value is -1.71. The Labute approximate surface area is 93.1 Å². The van der Waals surface area contributed by atoms with Crippen molar-refractivity contribution in [1.82, 2.24) is 0 Å². The van der Waals surface area contributed by atoms with E-state index in [1.807, 2.05) is 6.07 Å². The standard InChI is InChI=1S/C12H12O4/c13-7-9-6-8-2-5-16-10(8)12-11(9)14-3-1-4-15-12/h6-7H,1-5H2. The Morgan fingerprint density at radius 3 is 2.56 bits per heavy atom. The summed E-state index contributed by atoms with van der Waals surface area (Å²) in [6, 6.07) is 1.84. The highest BCUT2D eigenvalue weighted by molar-refractivity contribution is 5.83. The van der Waals surface area contributed by atoms with Crippen LogP contribution in [-0.4, -0.2) is 26.1 Å². The fraction of sp³-hybridized carbons (Fsp3) is 0.417. The maximum Gasteiger partial charge on any atom is 0.204 e. The summed E-state index contributed by atoms with van der Waals surface area (Å²) >= 11 is 0. The third-order valence-electron chi connectivity index (χ3n) is 2.82. The molecule has 0 N–H and O–H groups in total. The maximum absolute atomic E-state index is 11.0. The SMILES string of the molecule is O=Cc1cc2c(c3c1OCCCO3)OCC2. The molecule has 4 heteroatoms. The Kier molecular flexibility index (Phi) is 2.20. The van der Waals surface area contributed by atoms with E-state index < -0.39 is 0 Å². The Bertz CT molecular complexity index is 439. The molecule has 0 unspecified atom stereocenters. The van der Waals surface area contributed by atoms with E-state index in [1.54, 1.807) is 0 Å². The van der Waals surface area contributed by atoms with Crippen LogP contribution in [0.15, 0.2) is 6.07 Å². The summed E-state index contributed by atoms with van der Waals surface area (Å²) in [5, 5.41) is 0. The zero-order valence-corrected chi connectivity index (χ0v) is 8.82.